The number of rotatable bonds is 4. The first kappa shape index (κ1) is 14.8. The molecule has 2 rings (SSSR count). The summed E-state index contributed by atoms with van der Waals surface area (Å²) in [6.45, 7) is 6.00. The molecule has 0 amide bonds. The average Bonchev–Trinajstić information content (AvgIpc) is 2.41. The highest BCUT2D eigenvalue weighted by atomic mass is 32.2. The first-order valence-electron chi connectivity index (χ1n) is 6.51. The average molecular weight is 289 g/mol. The monoisotopic (exact) mass is 289 g/mol. The first-order valence-corrected chi connectivity index (χ1v) is 7.99. The van der Waals surface area contributed by atoms with Crippen molar-refractivity contribution in [3.8, 4) is 0 Å². The number of benzene rings is 2. The van der Waals surface area contributed by atoms with Crippen LogP contribution >= 0.6 is 0 Å². The standard InChI is InChI=1S/C16H19NO2S/c1-12-5-8-15(9-6-12)11-17-20(18,19)16-10-13(2)4-7-14(16)3/h4-10,17H,11H2,1-3H3. The zero-order valence-electron chi connectivity index (χ0n) is 12.0. The van der Waals surface area contributed by atoms with Crippen LogP contribution in [0.3, 0.4) is 0 Å². The summed E-state index contributed by atoms with van der Waals surface area (Å²) in [6, 6.07) is 13.3. The third-order valence-corrected chi connectivity index (χ3v) is 4.76. The van der Waals surface area contributed by atoms with Crippen LogP contribution in [0.15, 0.2) is 47.4 Å². The summed E-state index contributed by atoms with van der Waals surface area (Å²) in [5, 5.41) is 0. The lowest BCUT2D eigenvalue weighted by molar-refractivity contribution is 0.580. The summed E-state index contributed by atoms with van der Waals surface area (Å²) in [6.07, 6.45) is 0. The van der Waals surface area contributed by atoms with E-state index in [1.54, 1.807) is 13.0 Å². The Morgan fingerprint density at radius 2 is 1.50 bits per heavy atom. The van der Waals surface area contributed by atoms with Crippen LogP contribution in [0.25, 0.3) is 0 Å². The van der Waals surface area contributed by atoms with E-state index in [1.165, 1.54) is 0 Å². The van der Waals surface area contributed by atoms with Crippen LogP contribution in [0.5, 0.6) is 0 Å². The molecule has 4 heteroatoms. The Morgan fingerprint density at radius 3 is 2.15 bits per heavy atom. The lowest BCUT2D eigenvalue weighted by atomic mass is 10.2. The Kier molecular flexibility index (Phi) is 4.26. The Balaban J connectivity index is 2.19. The molecule has 0 heterocycles. The van der Waals surface area contributed by atoms with Crippen molar-refractivity contribution < 1.29 is 8.42 Å². The lowest BCUT2D eigenvalue weighted by Crippen LogP contribution is -2.24. The van der Waals surface area contributed by atoms with Crippen molar-refractivity contribution in [2.24, 2.45) is 0 Å². The Morgan fingerprint density at radius 1 is 0.900 bits per heavy atom. The van der Waals surface area contributed by atoms with Gasteiger partial charge in [-0.15, -0.1) is 0 Å². The molecule has 1 N–H and O–H groups in total. The molecule has 0 aliphatic carbocycles. The van der Waals surface area contributed by atoms with Crippen molar-refractivity contribution in [3.63, 3.8) is 0 Å². The highest BCUT2D eigenvalue weighted by Crippen LogP contribution is 2.17. The van der Waals surface area contributed by atoms with Crippen LogP contribution in [-0.2, 0) is 16.6 Å². The minimum absolute atomic E-state index is 0.302. The molecule has 0 radical (unpaired) electrons. The van der Waals surface area contributed by atoms with E-state index >= 15 is 0 Å². The predicted octanol–water partition coefficient (Wildman–Crippen LogP) is 3.09. The molecule has 0 saturated heterocycles. The van der Waals surface area contributed by atoms with E-state index in [4.69, 9.17) is 0 Å². The normalized spacial score (nSPS) is 11.6. The molecule has 0 aliphatic heterocycles. The van der Waals surface area contributed by atoms with E-state index in [1.807, 2.05) is 50.2 Å². The Bertz CT molecular complexity index is 704. The van der Waals surface area contributed by atoms with Gasteiger partial charge in [0.25, 0.3) is 0 Å². The van der Waals surface area contributed by atoms with Crippen molar-refractivity contribution in [2.45, 2.75) is 32.2 Å². The van der Waals surface area contributed by atoms with E-state index in [-0.39, 0.29) is 0 Å². The Labute approximate surface area is 120 Å². The molecule has 3 nitrogen and oxygen atoms in total. The van der Waals surface area contributed by atoms with Crippen LogP contribution in [-0.4, -0.2) is 8.42 Å². The molecular weight excluding hydrogens is 270 g/mol. The van der Waals surface area contributed by atoms with Gasteiger partial charge in [0.2, 0.25) is 10.0 Å². The second kappa shape index (κ2) is 5.77. The molecule has 0 bridgehead atoms. The smallest absolute Gasteiger partial charge is 0.207 e. The molecule has 0 atom stereocenters. The highest BCUT2D eigenvalue weighted by molar-refractivity contribution is 7.89. The number of hydrogen-bond donors (Lipinski definition) is 1. The fraction of sp³-hybridized carbons (Fsp3) is 0.250. The van der Waals surface area contributed by atoms with E-state index in [0.717, 1.165) is 22.3 Å². The van der Waals surface area contributed by atoms with Gasteiger partial charge in [-0.25, -0.2) is 13.1 Å². The van der Waals surface area contributed by atoms with Gasteiger partial charge in [-0.05, 0) is 43.5 Å². The number of nitrogens with one attached hydrogen (secondary N) is 1. The molecule has 20 heavy (non-hydrogen) atoms. The van der Waals surface area contributed by atoms with Gasteiger partial charge in [0.1, 0.15) is 0 Å². The minimum Gasteiger partial charge on any atom is -0.207 e. The Hall–Kier alpha value is -1.65. The number of aryl methyl sites for hydroxylation is 3. The molecule has 2 aromatic carbocycles. The summed E-state index contributed by atoms with van der Waals surface area (Å²) in [7, 11) is -3.47. The van der Waals surface area contributed by atoms with Gasteiger partial charge in [0.05, 0.1) is 4.90 Å². The molecule has 0 unspecified atom stereocenters. The van der Waals surface area contributed by atoms with Crippen LogP contribution in [0.4, 0.5) is 0 Å². The maximum Gasteiger partial charge on any atom is 0.241 e. The predicted molar refractivity (Wildman–Crippen MR) is 81.1 cm³/mol. The maximum absolute atomic E-state index is 12.3. The van der Waals surface area contributed by atoms with Crippen LogP contribution in [0, 0.1) is 20.8 Å². The molecule has 0 saturated carbocycles. The summed E-state index contributed by atoms with van der Waals surface area (Å²) in [5.41, 5.74) is 3.80. The molecule has 106 valence electrons. The third-order valence-electron chi connectivity index (χ3n) is 3.22. The molecule has 0 spiro atoms. The van der Waals surface area contributed by atoms with Gasteiger partial charge >= 0.3 is 0 Å². The first-order chi connectivity index (χ1) is 9.38. The van der Waals surface area contributed by atoms with Gasteiger partial charge in [-0.1, -0.05) is 42.0 Å². The van der Waals surface area contributed by atoms with Crippen LogP contribution < -0.4 is 4.72 Å². The minimum atomic E-state index is -3.47. The highest BCUT2D eigenvalue weighted by Gasteiger charge is 2.16. The molecule has 0 aliphatic rings. The second-order valence-electron chi connectivity index (χ2n) is 5.08. The summed E-state index contributed by atoms with van der Waals surface area (Å²) >= 11 is 0. The fourth-order valence-corrected chi connectivity index (χ4v) is 3.30. The van der Waals surface area contributed by atoms with Crippen molar-refractivity contribution in [2.75, 3.05) is 0 Å². The van der Waals surface area contributed by atoms with Crippen molar-refractivity contribution in [1.82, 2.24) is 4.72 Å². The lowest BCUT2D eigenvalue weighted by Gasteiger charge is -2.10. The van der Waals surface area contributed by atoms with Gasteiger partial charge in [-0.3, -0.25) is 0 Å². The van der Waals surface area contributed by atoms with Crippen molar-refractivity contribution in [1.29, 1.82) is 0 Å². The summed E-state index contributed by atoms with van der Waals surface area (Å²) in [5.74, 6) is 0. The largest absolute Gasteiger partial charge is 0.241 e. The van der Waals surface area contributed by atoms with Crippen LogP contribution in [0.2, 0.25) is 0 Å². The third kappa shape index (κ3) is 3.46. The maximum atomic E-state index is 12.3. The topological polar surface area (TPSA) is 46.2 Å². The SMILES string of the molecule is Cc1ccc(CNS(=O)(=O)c2cc(C)ccc2C)cc1. The zero-order chi connectivity index (χ0) is 14.8. The summed E-state index contributed by atoms with van der Waals surface area (Å²) in [4.78, 5) is 0.351. The molecule has 0 fully saturated rings. The van der Waals surface area contributed by atoms with Gasteiger partial charge in [0, 0.05) is 6.54 Å². The van der Waals surface area contributed by atoms with Crippen molar-refractivity contribution >= 4 is 10.0 Å². The zero-order valence-corrected chi connectivity index (χ0v) is 12.8. The molecular formula is C16H19NO2S. The van der Waals surface area contributed by atoms with E-state index in [0.29, 0.717) is 11.4 Å². The number of hydrogen-bond acceptors (Lipinski definition) is 2. The van der Waals surface area contributed by atoms with Gasteiger partial charge in [0.15, 0.2) is 0 Å². The van der Waals surface area contributed by atoms with E-state index in [9.17, 15) is 8.42 Å². The van der Waals surface area contributed by atoms with E-state index < -0.39 is 10.0 Å². The quantitative estimate of drug-likeness (QED) is 0.940. The molecule has 2 aromatic rings. The summed E-state index contributed by atoms with van der Waals surface area (Å²) < 4.78 is 27.3. The second-order valence-corrected chi connectivity index (χ2v) is 6.81. The molecule has 0 aromatic heterocycles. The van der Waals surface area contributed by atoms with Gasteiger partial charge < -0.3 is 0 Å². The van der Waals surface area contributed by atoms with E-state index in [2.05, 4.69) is 4.72 Å². The van der Waals surface area contributed by atoms with Crippen molar-refractivity contribution in [3.05, 3.63) is 64.7 Å². The number of sulfonamides is 1. The fourth-order valence-electron chi connectivity index (χ4n) is 1.96. The van der Waals surface area contributed by atoms with Crippen LogP contribution in [0.1, 0.15) is 22.3 Å². The van der Waals surface area contributed by atoms with Gasteiger partial charge in [-0.2, -0.15) is 0 Å².